The van der Waals surface area contributed by atoms with Gasteiger partial charge < -0.3 is 14.4 Å². The molecule has 2 rings (SSSR count). The standard InChI is InChI=1S/C18H27NO3/c1-4-22-14(2)18(20)19(16-10-6-7-11-16)13-15-9-5-8-12-17(15)21-3/h5,8-9,12,14,16H,4,6-7,10-11,13H2,1-3H3/t14-/m0/s1. The summed E-state index contributed by atoms with van der Waals surface area (Å²) in [6.07, 6.45) is 4.17. The Morgan fingerprint density at radius 2 is 2.00 bits per heavy atom. The van der Waals surface area contributed by atoms with Crippen molar-refractivity contribution in [3.63, 3.8) is 0 Å². The molecule has 4 heteroatoms. The second kappa shape index (κ2) is 8.18. The van der Waals surface area contributed by atoms with Gasteiger partial charge in [-0.15, -0.1) is 0 Å². The molecule has 1 saturated carbocycles. The fourth-order valence-electron chi connectivity index (χ4n) is 3.17. The summed E-state index contributed by atoms with van der Waals surface area (Å²) in [6, 6.07) is 8.23. The lowest BCUT2D eigenvalue weighted by Crippen LogP contribution is -2.44. The average Bonchev–Trinajstić information content (AvgIpc) is 3.06. The Morgan fingerprint density at radius 1 is 1.32 bits per heavy atom. The van der Waals surface area contributed by atoms with Crippen LogP contribution >= 0.6 is 0 Å². The minimum Gasteiger partial charge on any atom is -0.496 e. The SMILES string of the molecule is CCO[C@@H](C)C(=O)N(Cc1ccccc1OC)C1CCCC1. The van der Waals surface area contributed by atoms with E-state index in [0.717, 1.165) is 24.2 Å². The van der Waals surface area contributed by atoms with E-state index in [-0.39, 0.29) is 12.0 Å². The van der Waals surface area contributed by atoms with Gasteiger partial charge in [-0.2, -0.15) is 0 Å². The lowest BCUT2D eigenvalue weighted by atomic mass is 10.1. The van der Waals surface area contributed by atoms with Gasteiger partial charge in [0.1, 0.15) is 11.9 Å². The van der Waals surface area contributed by atoms with Crippen LogP contribution in [0.2, 0.25) is 0 Å². The molecule has 0 aromatic heterocycles. The molecule has 1 atom stereocenters. The Kier molecular flexibility index (Phi) is 6.25. The number of ether oxygens (including phenoxy) is 2. The van der Waals surface area contributed by atoms with Crippen molar-refractivity contribution >= 4 is 5.91 Å². The van der Waals surface area contributed by atoms with Crippen LogP contribution in [0.5, 0.6) is 5.75 Å². The molecule has 4 nitrogen and oxygen atoms in total. The molecule has 0 bridgehead atoms. The third-order valence-electron chi connectivity index (χ3n) is 4.35. The van der Waals surface area contributed by atoms with Gasteiger partial charge in [0.2, 0.25) is 0 Å². The largest absolute Gasteiger partial charge is 0.496 e. The van der Waals surface area contributed by atoms with E-state index in [1.165, 1.54) is 12.8 Å². The van der Waals surface area contributed by atoms with E-state index >= 15 is 0 Å². The van der Waals surface area contributed by atoms with Crippen LogP contribution in [0.3, 0.4) is 0 Å². The molecule has 1 aromatic rings. The third kappa shape index (κ3) is 4.01. The van der Waals surface area contributed by atoms with Crippen molar-refractivity contribution in [2.75, 3.05) is 13.7 Å². The number of hydrogen-bond acceptors (Lipinski definition) is 3. The van der Waals surface area contributed by atoms with E-state index in [4.69, 9.17) is 9.47 Å². The Balaban J connectivity index is 2.18. The maximum atomic E-state index is 12.8. The number of rotatable bonds is 7. The highest BCUT2D eigenvalue weighted by molar-refractivity contribution is 5.81. The van der Waals surface area contributed by atoms with Crippen LogP contribution < -0.4 is 4.74 Å². The summed E-state index contributed by atoms with van der Waals surface area (Å²) in [5, 5.41) is 0. The molecule has 22 heavy (non-hydrogen) atoms. The lowest BCUT2D eigenvalue weighted by molar-refractivity contribution is -0.145. The van der Waals surface area contributed by atoms with Gasteiger partial charge in [0.15, 0.2) is 0 Å². The summed E-state index contributed by atoms with van der Waals surface area (Å²) >= 11 is 0. The number of para-hydroxylation sites is 1. The number of amides is 1. The third-order valence-corrected chi connectivity index (χ3v) is 4.35. The molecule has 1 aromatic carbocycles. The Hall–Kier alpha value is -1.55. The van der Waals surface area contributed by atoms with Gasteiger partial charge in [0.25, 0.3) is 5.91 Å². The van der Waals surface area contributed by atoms with Gasteiger partial charge in [-0.25, -0.2) is 0 Å². The highest BCUT2D eigenvalue weighted by Gasteiger charge is 2.30. The van der Waals surface area contributed by atoms with E-state index in [9.17, 15) is 4.79 Å². The number of carbonyl (C=O) groups excluding carboxylic acids is 1. The van der Waals surface area contributed by atoms with Crippen LogP contribution in [-0.4, -0.2) is 36.7 Å². The normalized spacial score (nSPS) is 16.5. The van der Waals surface area contributed by atoms with Gasteiger partial charge in [-0.05, 0) is 32.8 Å². The van der Waals surface area contributed by atoms with Crippen molar-refractivity contribution in [1.82, 2.24) is 4.90 Å². The molecule has 0 saturated heterocycles. The van der Waals surface area contributed by atoms with E-state index in [0.29, 0.717) is 19.2 Å². The van der Waals surface area contributed by atoms with Crippen LogP contribution in [0.1, 0.15) is 45.1 Å². The van der Waals surface area contributed by atoms with Crippen LogP contribution in [0.25, 0.3) is 0 Å². The number of methoxy groups -OCH3 is 1. The monoisotopic (exact) mass is 305 g/mol. The van der Waals surface area contributed by atoms with Crippen LogP contribution in [-0.2, 0) is 16.1 Å². The number of benzene rings is 1. The zero-order valence-corrected chi connectivity index (χ0v) is 13.9. The summed E-state index contributed by atoms with van der Waals surface area (Å²) in [6.45, 7) is 4.91. The molecule has 0 unspecified atom stereocenters. The van der Waals surface area contributed by atoms with E-state index in [1.54, 1.807) is 7.11 Å². The van der Waals surface area contributed by atoms with Gasteiger partial charge in [-0.3, -0.25) is 4.79 Å². The molecular weight excluding hydrogens is 278 g/mol. The highest BCUT2D eigenvalue weighted by Crippen LogP contribution is 2.28. The van der Waals surface area contributed by atoms with Crippen molar-refractivity contribution in [2.45, 2.75) is 58.2 Å². The Bertz CT molecular complexity index is 483. The summed E-state index contributed by atoms with van der Waals surface area (Å²) in [7, 11) is 1.67. The summed E-state index contributed by atoms with van der Waals surface area (Å²) in [5.41, 5.74) is 1.05. The molecule has 1 amide bonds. The molecular formula is C18H27NO3. The van der Waals surface area contributed by atoms with Crippen molar-refractivity contribution in [2.24, 2.45) is 0 Å². The summed E-state index contributed by atoms with van der Waals surface area (Å²) in [4.78, 5) is 14.8. The Morgan fingerprint density at radius 3 is 2.64 bits per heavy atom. The van der Waals surface area contributed by atoms with Gasteiger partial charge in [0, 0.05) is 24.8 Å². The van der Waals surface area contributed by atoms with Crippen molar-refractivity contribution in [3.05, 3.63) is 29.8 Å². The number of hydrogen-bond donors (Lipinski definition) is 0. The first-order chi connectivity index (χ1) is 10.7. The molecule has 0 N–H and O–H groups in total. The van der Waals surface area contributed by atoms with Crippen molar-refractivity contribution in [3.8, 4) is 5.75 Å². The highest BCUT2D eigenvalue weighted by atomic mass is 16.5. The zero-order valence-electron chi connectivity index (χ0n) is 13.9. The summed E-state index contributed by atoms with van der Waals surface area (Å²) in [5.74, 6) is 0.919. The fourth-order valence-corrected chi connectivity index (χ4v) is 3.17. The maximum absolute atomic E-state index is 12.8. The number of carbonyl (C=O) groups is 1. The molecule has 0 heterocycles. The first kappa shape index (κ1) is 16.8. The van der Waals surface area contributed by atoms with Gasteiger partial charge >= 0.3 is 0 Å². The van der Waals surface area contributed by atoms with E-state index in [1.807, 2.05) is 43.0 Å². The lowest BCUT2D eigenvalue weighted by Gasteiger charge is -2.31. The van der Waals surface area contributed by atoms with Crippen LogP contribution in [0, 0.1) is 0 Å². The molecule has 0 aliphatic heterocycles. The molecule has 1 aliphatic carbocycles. The first-order valence-corrected chi connectivity index (χ1v) is 8.21. The molecule has 1 aliphatic rings. The predicted octanol–water partition coefficient (Wildman–Crippen LogP) is 3.39. The second-order valence-corrected chi connectivity index (χ2v) is 5.81. The second-order valence-electron chi connectivity index (χ2n) is 5.81. The molecule has 0 radical (unpaired) electrons. The molecule has 0 spiro atoms. The van der Waals surface area contributed by atoms with E-state index in [2.05, 4.69) is 0 Å². The topological polar surface area (TPSA) is 38.8 Å². The maximum Gasteiger partial charge on any atom is 0.251 e. The average molecular weight is 305 g/mol. The smallest absolute Gasteiger partial charge is 0.251 e. The van der Waals surface area contributed by atoms with Crippen LogP contribution in [0.4, 0.5) is 0 Å². The molecule has 1 fully saturated rings. The predicted molar refractivity (Wildman–Crippen MR) is 86.9 cm³/mol. The minimum atomic E-state index is -0.389. The van der Waals surface area contributed by atoms with Gasteiger partial charge in [0.05, 0.1) is 7.11 Å². The minimum absolute atomic E-state index is 0.0830. The summed E-state index contributed by atoms with van der Waals surface area (Å²) < 4.78 is 10.9. The molecule has 122 valence electrons. The quantitative estimate of drug-likeness (QED) is 0.775. The first-order valence-electron chi connectivity index (χ1n) is 8.21. The Labute approximate surface area is 133 Å². The van der Waals surface area contributed by atoms with E-state index < -0.39 is 0 Å². The van der Waals surface area contributed by atoms with Crippen molar-refractivity contribution < 1.29 is 14.3 Å². The van der Waals surface area contributed by atoms with Crippen LogP contribution in [0.15, 0.2) is 24.3 Å². The number of nitrogens with zero attached hydrogens (tertiary/aromatic N) is 1. The zero-order chi connectivity index (χ0) is 15.9. The van der Waals surface area contributed by atoms with Gasteiger partial charge in [-0.1, -0.05) is 31.0 Å². The fraction of sp³-hybridized carbons (Fsp3) is 0.611. The van der Waals surface area contributed by atoms with Crippen molar-refractivity contribution in [1.29, 1.82) is 0 Å².